The number of rotatable bonds is 2. The van der Waals surface area contributed by atoms with Crippen LogP contribution in [0.3, 0.4) is 0 Å². The molecule has 2 aromatic rings. The first-order valence-corrected chi connectivity index (χ1v) is 13.0. The van der Waals surface area contributed by atoms with E-state index < -0.39 is 21.1 Å². The molecule has 0 spiro atoms. The van der Waals surface area contributed by atoms with Gasteiger partial charge in [0.1, 0.15) is 0 Å². The molecule has 0 saturated carbocycles. The zero-order valence-electron chi connectivity index (χ0n) is 19.7. The van der Waals surface area contributed by atoms with Crippen LogP contribution in [0.2, 0.25) is 0 Å². The van der Waals surface area contributed by atoms with E-state index in [0.29, 0.717) is 0 Å². The number of aryl methyl sites for hydroxylation is 2. The summed E-state index contributed by atoms with van der Waals surface area (Å²) in [5.74, 6) is 0. The van der Waals surface area contributed by atoms with E-state index in [1.165, 1.54) is 22.3 Å². The molecule has 2 radical (unpaired) electrons. The first-order valence-electron chi connectivity index (χ1n) is 10.2. The Bertz CT molecular complexity index is 798. The molecule has 27 heavy (non-hydrogen) atoms. The van der Waals surface area contributed by atoms with Crippen molar-refractivity contribution in [2.24, 2.45) is 0 Å². The first kappa shape index (κ1) is 22.5. The Morgan fingerprint density at radius 1 is 0.519 bits per heavy atom. The third kappa shape index (κ3) is 4.47. The van der Waals surface area contributed by atoms with Crippen molar-refractivity contribution >= 4 is 28.3 Å². The zero-order valence-corrected chi connectivity index (χ0v) is 22.5. The molecule has 0 nitrogen and oxygen atoms in total. The molecule has 0 aromatic heterocycles. The molecule has 0 fully saturated rings. The van der Waals surface area contributed by atoms with Gasteiger partial charge in [0.15, 0.2) is 0 Å². The summed E-state index contributed by atoms with van der Waals surface area (Å²) < 4.78 is 3.40. The van der Waals surface area contributed by atoms with Crippen molar-refractivity contribution in [2.45, 2.75) is 93.9 Å². The predicted molar refractivity (Wildman–Crippen MR) is 124 cm³/mol. The molecule has 0 amide bonds. The molecule has 0 heterocycles. The fraction of sp³-hybridized carbons (Fsp3) is 0.538. The van der Waals surface area contributed by atoms with Gasteiger partial charge in [0.05, 0.1) is 0 Å². The van der Waals surface area contributed by atoms with Crippen LogP contribution in [0.4, 0.5) is 0 Å². The van der Waals surface area contributed by atoms with Gasteiger partial charge < -0.3 is 0 Å². The van der Waals surface area contributed by atoms with Crippen LogP contribution < -0.4 is 7.16 Å². The molecule has 0 aliphatic carbocycles. The van der Waals surface area contributed by atoms with E-state index in [1.54, 1.807) is 29.4 Å². The predicted octanol–water partition coefficient (Wildman–Crippen LogP) is 5.79. The number of benzene rings is 2. The Balaban J connectivity index is 2.82. The molecule has 146 valence electrons. The van der Waals surface area contributed by atoms with E-state index in [-0.39, 0.29) is 10.8 Å². The van der Waals surface area contributed by atoms with Crippen LogP contribution in [0.1, 0.15) is 86.1 Å². The second-order valence-corrected chi connectivity index (χ2v) is 13.9. The normalized spacial score (nSPS) is 12.6. The fourth-order valence-electron chi connectivity index (χ4n) is 3.79. The van der Waals surface area contributed by atoms with Crippen molar-refractivity contribution in [3.05, 3.63) is 56.6 Å². The van der Waals surface area contributed by atoms with E-state index in [0.717, 1.165) is 0 Å². The summed E-state index contributed by atoms with van der Waals surface area (Å²) in [6, 6.07) is 4.96. The van der Waals surface area contributed by atoms with Gasteiger partial charge in [0.25, 0.3) is 0 Å². The Morgan fingerprint density at radius 3 is 1.07 bits per heavy atom. The molecule has 0 saturated heterocycles. The van der Waals surface area contributed by atoms with Gasteiger partial charge in [-0.3, -0.25) is 0 Å². The summed E-state index contributed by atoms with van der Waals surface area (Å²) >= 11 is -0.945. The van der Waals surface area contributed by atoms with Crippen molar-refractivity contribution < 1.29 is 0 Å². The summed E-state index contributed by atoms with van der Waals surface area (Å²) in [4.78, 5) is 0. The van der Waals surface area contributed by atoms with Crippen LogP contribution in [-0.2, 0) is 10.8 Å². The molecular weight excluding hydrogens is 431 g/mol. The second-order valence-electron chi connectivity index (χ2n) is 10.4. The topological polar surface area (TPSA) is 0 Å². The maximum absolute atomic E-state index is 2.48. The van der Waals surface area contributed by atoms with Gasteiger partial charge in [0, 0.05) is 0 Å². The standard InChI is InChI=1S/2C13H19.Sn/c2*1-9-7-12(13(4,5)6)8-10(2)11(9)3;/h2*7H,1-6H3;. The molecule has 1 heteroatoms. The molecule has 0 bridgehead atoms. The molecule has 2 rings (SSSR count). The van der Waals surface area contributed by atoms with Crippen LogP contribution in [0.25, 0.3) is 0 Å². The van der Waals surface area contributed by atoms with Gasteiger partial charge in [-0.1, -0.05) is 0 Å². The van der Waals surface area contributed by atoms with E-state index in [9.17, 15) is 0 Å². The van der Waals surface area contributed by atoms with Crippen molar-refractivity contribution in [3.63, 3.8) is 0 Å². The molecule has 0 aliphatic rings. The molecular formula is C26H38Sn. The Labute approximate surface area is 178 Å². The van der Waals surface area contributed by atoms with Gasteiger partial charge in [-0.15, -0.1) is 0 Å². The minimum atomic E-state index is -0.945. The molecule has 0 N–H and O–H groups in total. The monoisotopic (exact) mass is 470 g/mol. The summed E-state index contributed by atoms with van der Waals surface area (Å²) in [5, 5.41) is 0. The number of hydrogen-bond acceptors (Lipinski definition) is 0. The van der Waals surface area contributed by atoms with Crippen molar-refractivity contribution in [1.82, 2.24) is 0 Å². The number of hydrogen-bond donors (Lipinski definition) is 0. The summed E-state index contributed by atoms with van der Waals surface area (Å²) in [5.41, 5.74) is 12.5. The summed E-state index contributed by atoms with van der Waals surface area (Å²) in [6.45, 7) is 28.1. The third-order valence-electron chi connectivity index (χ3n) is 6.18. The minimum absolute atomic E-state index is 0.189. The summed E-state index contributed by atoms with van der Waals surface area (Å²) in [6.07, 6.45) is 0. The van der Waals surface area contributed by atoms with E-state index in [2.05, 4.69) is 95.2 Å². The second kappa shape index (κ2) is 7.58. The maximum atomic E-state index is 2.48. The van der Waals surface area contributed by atoms with Crippen LogP contribution in [-0.4, -0.2) is 21.1 Å². The fourth-order valence-corrected chi connectivity index (χ4v) is 9.97. The quantitative estimate of drug-likeness (QED) is 0.489. The van der Waals surface area contributed by atoms with Crippen molar-refractivity contribution in [3.8, 4) is 0 Å². The van der Waals surface area contributed by atoms with Crippen molar-refractivity contribution in [1.29, 1.82) is 0 Å². The van der Waals surface area contributed by atoms with Crippen molar-refractivity contribution in [2.75, 3.05) is 0 Å². The molecule has 2 aromatic carbocycles. The average molecular weight is 469 g/mol. The van der Waals surface area contributed by atoms with Gasteiger partial charge >= 0.3 is 179 Å². The first-order chi connectivity index (χ1) is 12.2. The van der Waals surface area contributed by atoms with Gasteiger partial charge in [-0.05, 0) is 0 Å². The van der Waals surface area contributed by atoms with E-state index in [1.807, 2.05) is 0 Å². The van der Waals surface area contributed by atoms with Gasteiger partial charge in [0.2, 0.25) is 0 Å². The molecule has 0 atom stereocenters. The molecule has 0 unspecified atom stereocenters. The third-order valence-corrected chi connectivity index (χ3v) is 11.3. The van der Waals surface area contributed by atoms with Gasteiger partial charge in [-0.2, -0.15) is 0 Å². The SMILES string of the molecule is Cc1cc(C(C)(C)C)[c]([Sn][c]2c(C(C)(C)C)cc(C)c(C)c2C)c(C)c1C. The van der Waals surface area contributed by atoms with Gasteiger partial charge in [-0.25, -0.2) is 0 Å². The Hall–Kier alpha value is -0.761. The van der Waals surface area contributed by atoms with E-state index >= 15 is 0 Å². The van der Waals surface area contributed by atoms with Crippen LogP contribution in [0.5, 0.6) is 0 Å². The average Bonchev–Trinajstić information content (AvgIpc) is 2.52. The van der Waals surface area contributed by atoms with Crippen LogP contribution >= 0.6 is 0 Å². The summed E-state index contributed by atoms with van der Waals surface area (Å²) in [7, 11) is 0. The van der Waals surface area contributed by atoms with E-state index in [4.69, 9.17) is 0 Å². The van der Waals surface area contributed by atoms with Crippen LogP contribution in [0.15, 0.2) is 12.1 Å². The Morgan fingerprint density at radius 2 is 0.815 bits per heavy atom. The zero-order chi connectivity index (χ0) is 20.9. The molecule has 0 aliphatic heterocycles. The van der Waals surface area contributed by atoms with Crippen LogP contribution in [0, 0.1) is 41.5 Å². The Kier molecular flexibility index (Phi) is 6.32.